The van der Waals surface area contributed by atoms with Crippen molar-refractivity contribution >= 4 is 5.69 Å². The van der Waals surface area contributed by atoms with Gasteiger partial charge in [-0.2, -0.15) is 5.10 Å². The minimum absolute atomic E-state index is 0.0402. The fourth-order valence-corrected chi connectivity index (χ4v) is 2.02. The van der Waals surface area contributed by atoms with Crippen molar-refractivity contribution in [3.05, 3.63) is 58.5 Å². The summed E-state index contributed by atoms with van der Waals surface area (Å²) in [6.07, 6.45) is 4.95. The third-order valence-electron chi connectivity index (χ3n) is 3.27. The molecule has 0 bridgehead atoms. The van der Waals surface area contributed by atoms with Crippen molar-refractivity contribution in [1.82, 2.24) is 9.78 Å². The molecule has 0 amide bonds. The van der Waals surface area contributed by atoms with Crippen LogP contribution in [0.2, 0.25) is 0 Å². The molecule has 1 saturated carbocycles. The summed E-state index contributed by atoms with van der Waals surface area (Å²) >= 11 is 0. The third-order valence-corrected chi connectivity index (χ3v) is 3.27. The second-order valence-electron chi connectivity index (χ2n) is 4.96. The Bertz CT molecular complexity index is 602. The smallest absolute Gasteiger partial charge is 0.268 e. The number of nitrogens with one attached hydrogen (secondary N) is 1. The molecule has 0 unspecified atom stereocenters. The molecule has 0 saturated heterocycles. The molecule has 98 valence electrons. The molecule has 4 heteroatoms. The summed E-state index contributed by atoms with van der Waals surface area (Å²) in [7, 11) is 0. The highest BCUT2D eigenvalue weighted by atomic mass is 16.1. The van der Waals surface area contributed by atoms with E-state index in [-0.39, 0.29) is 5.56 Å². The zero-order chi connectivity index (χ0) is 13.1. The second-order valence-corrected chi connectivity index (χ2v) is 4.96. The van der Waals surface area contributed by atoms with Gasteiger partial charge in [0.15, 0.2) is 0 Å². The van der Waals surface area contributed by atoms with E-state index < -0.39 is 0 Å². The average molecular weight is 255 g/mol. The minimum Gasteiger partial charge on any atom is -0.381 e. The quantitative estimate of drug-likeness (QED) is 0.889. The lowest BCUT2D eigenvalue weighted by molar-refractivity contribution is 0.578. The Morgan fingerprint density at radius 1 is 1.26 bits per heavy atom. The Morgan fingerprint density at radius 3 is 2.74 bits per heavy atom. The normalized spacial score (nSPS) is 14.3. The van der Waals surface area contributed by atoms with Crippen molar-refractivity contribution in [3.63, 3.8) is 0 Å². The maximum absolute atomic E-state index is 11.9. The monoisotopic (exact) mass is 255 g/mol. The van der Waals surface area contributed by atoms with Gasteiger partial charge in [-0.3, -0.25) is 4.79 Å². The van der Waals surface area contributed by atoms with Crippen molar-refractivity contribution in [2.24, 2.45) is 0 Å². The summed E-state index contributed by atoms with van der Waals surface area (Å²) in [6.45, 7) is 0.618. The standard InChI is InChI=1S/C15H17N3O/c19-15-10-14(17-13-6-7-13)11-16-18(15)9-8-12-4-2-1-3-5-12/h1-5,10-11,13,17H,6-9H2. The van der Waals surface area contributed by atoms with Crippen LogP contribution in [0.25, 0.3) is 0 Å². The van der Waals surface area contributed by atoms with Gasteiger partial charge in [-0.25, -0.2) is 4.68 Å². The van der Waals surface area contributed by atoms with Gasteiger partial charge >= 0.3 is 0 Å². The van der Waals surface area contributed by atoms with Gasteiger partial charge in [0.25, 0.3) is 5.56 Å². The highest BCUT2D eigenvalue weighted by Crippen LogP contribution is 2.23. The number of aromatic nitrogens is 2. The Balaban J connectivity index is 1.65. The van der Waals surface area contributed by atoms with E-state index in [1.807, 2.05) is 18.2 Å². The van der Waals surface area contributed by atoms with Crippen LogP contribution >= 0.6 is 0 Å². The zero-order valence-corrected chi connectivity index (χ0v) is 10.7. The van der Waals surface area contributed by atoms with Gasteiger partial charge in [-0.1, -0.05) is 30.3 Å². The Kier molecular flexibility index (Phi) is 3.31. The molecule has 1 aromatic carbocycles. The lowest BCUT2D eigenvalue weighted by atomic mass is 10.1. The first-order chi connectivity index (χ1) is 9.31. The van der Waals surface area contributed by atoms with Crippen molar-refractivity contribution < 1.29 is 0 Å². The number of anilines is 1. The van der Waals surface area contributed by atoms with Crippen molar-refractivity contribution in [2.45, 2.75) is 31.8 Å². The molecule has 1 heterocycles. The first-order valence-electron chi connectivity index (χ1n) is 6.69. The molecule has 3 rings (SSSR count). The molecule has 4 nitrogen and oxygen atoms in total. The van der Waals surface area contributed by atoms with E-state index >= 15 is 0 Å². The van der Waals surface area contributed by atoms with Crippen LogP contribution in [-0.2, 0) is 13.0 Å². The van der Waals surface area contributed by atoms with Gasteiger partial charge in [-0.15, -0.1) is 0 Å². The minimum atomic E-state index is -0.0402. The van der Waals surface area contributed by atoms with Crippen molar-refractivity contribution in [1.29, 1.82) is 0 Å². The molecule has 19 heavy (non-hydrogen) atoms. The first kappa shape index (κ1) is 12.0. The molecule has 1 fully saturated rings. The molecule has 1 aliphatic rings. The highest BCUT2D eigenvalue weighted by Gasteiger charge is 2.20. The highest BCUT2D eigenvalue weighted by molar-refractivity contribution is 5.41. The van der Waals surface area contributed by atoms with Crippen molar-refractivity contribution in [3.8, 4) is 0 Å². The van der Waals surface area contributed by atoms with E-state index in [0.29, 0.717) is 12.6 Å². The van der Waals surface area contributed by atoms with E-state index in [0.717, 1.165) is 12.1 Å². The number of rotatable bonds is 5. The van der Waals surface area contributed by atoms with Gasteiger partial charge in [-0.05, 0) is 24.8 Å². The van der Waals surface area contributed by atoms with Crippen LogP contribution < -0.4 is 10.9 Å². The summed E-state index contributed by atoms with van der Waals surface area (Å²) in [5, 5.41) is 7.50. The van der Waals surface area contributed by atoms with Crippen LogP contribution in [0, 0.1) is 0 Å². The molecule has 0 atom stereocenters. The second kappa shape index (κ2) is 5.26. The number of aryl methyl sites for hydroxylation is 2. The van der Waals surface area contributed by atoms with E-state index in [9.17, 15) is 4.79 Å². The third kappa shape index (κ3) is 3.22. The summed E-state index contributed by atoms with van der Waals surface area (Å²) < 4.78 is 1.52. The topological polar surface area (TPSA) is 46.9 Å². The number of hydrogen-bond acceptors (Lipinski definition) is 3. The van der Waals surface area contributed by atoms with Crippen molar-refractivity contribution in [2.75, 3.05) is 5.32 Å². The summed E-state index contributed by atoms with van der Waals surface area (Å²) in [6, 6.07) is 12.3. The van der Waals surface area contributed by atoms with Crippen LogP contribution in [0.15, 0.2) is 47.4 Å². The summed E-state index contributed by atoms with van der Waals surface area (Å²) in [5.41, 5.74) is 2.02. The molecule has 0 radical (unpaired) electrons. The predicted molar refractivity (Wildman–Crippen MR) is 75.3 cm³/mol. The lowest BCUT2D eigenvalue weighted by Gasteiger charge is -2.07. The van der Waals surface area contributed by atoms with Gasteiger partial charge in [0.2, 0.25) is 0 Å². The van der Waals surface area contributed by atoms with E-state index in [1.54, 1.807) is 12.3 Å². The summed E-state index contributed by atoms with van der Waals surface area (Å²) in [5.74, 6) is 0. The first-order valence-corrected chi connectivity index (χ1v) is 6.69. The van der Waals surface area contributed by atoms with Crippen LogP contribution in [0.3, 0.4) is 0 Å². The van der Waals surface area contributed by atoms with Crippen LogP contribution in [0.1, 0.15) is 18.4 Å². The Hall–Kier alpha value is -2.10. The Morgan fingerprint density at radius 2 is 2.05 bits per heavy atom. The maximum atomic E-state index is 11.9. The van der Waals surface area contributed by atoms with Gasteiger partial charge in [0.1, 0.15) is 0 Å². The van der Waals surface area contributed by atoms with E-state index in [4.69, 9.17) is 0 Å². The SMILES string of the molecule is O=c1cc(NC2CC2)cnn1CCc1ccccc1. The molecular formula is C15H17N3O. The molecule has 2 aromatic rings. The molecule has 0 aliphatic heterocycles. The molecule has 1 aromatic heterocycles. The maximum Gasteiger partial charge on any atom is 0.268 e. The molecule has 1 aliphatic carbocycles. The van der Waals surface area contributed by atoms with Gasteiger partial charge in [0.05, 0.1) is 11.9 Å². The average Bonchev–Trinajstić information content (AvgIpc) is 3.23. The number of benzene rings is 1. The van der Waals surface area contributed by atoms with E-state index in [1.165, 1.54) is 23.1 Å². The molecular weight excluding hydrogens is 238 g/mol. The zero-order valence-electron chi connectivity index (χ0n) is 10.7. The van der Waals surface area contributed by atoms with Gasteiger partial charge in [0, 0.05) is 18.7 Å². The Labute approximate surface area is 112 Å². The lowest BCUT2D eigenvalue weighted by Crippen LogP contribution is -2.23. The molecule has 1 N–H and O–H groups in total. The fourth-order valence-electron chi connectivity index (χ4n) is 2.02. The van der Waals surface area contributed by atoms with Crippen LogP contribution in [-0.4, -0.2) is 15.8 Å². The number of hydrogen-bond donors (Lipinski definition) is 1. The fraction of sp³-hybridized carbons (Fsp3) is 0.333. The largest absolute Gasteiger partial charge is 0.381 e. The van der Waals surface area contributed by atoms with Gasteiger partial charge < -0.3 is 5.32 Å². The van der Waals surface area contributed by atoms with Crippen LogP contribution in [0.5, 0.6) is 0 Å². The van der Waals surface area contributed by atoms with E-state index in [2.05, 4.69) is 22.5 Å². The summed E-state index contributed by atoms with van der Waals surface area (Å²) in [4.78, 5) is 11.9. The number of nitrogens with zero attached hydrogens (tertiary/aromatic N) is 2. The molecule has 0 spiro atoms. The predicted octanol–water partition coefficient (Wildman–Crippen LogP) is 2.06. The van der Waals surface area contributed by atoms with Crippen LogP contribution in [0.4, 0.5) is 5.69 Å².